The van der Waals surface area contributed by atoms with Crippen LogP contribution in [0.3, 0.4) is 0 Å². The first-order valence-corrected chi connectivity index (χ1v) is 6.91. The van der Waals surface area contributed by atoms with E-state index in [1.165, 1.54) is 0 Å². The van der Waals surface area contributed by atoms with Crippen LogP contribution in [0.5, 0.6) is 0 Å². The van der Waals surface area contributed by atoms with Crippen molar-refractivity contribution in [3.05, 3.63) is 17.6 Å². The lowest BCUT2D eigenvalue weighted by molar-refractivity contribution is -0.0790. The van der Waals surface area contributed by atoms with Crippen LogP contribution in [0, 0.1) is 6.92 Å². The van der Waals surface area contributed by atoms with Crippen LogP contribution in [-0.2, 0) is 11.2 Å². The van der Waals surface area contributed by atoms with Gasteiger partial charge in [0, 0.05) is 31.4 Å². The number of rotatable bonds is 3. The molecule has 0 spiro atoms. The lowest BCUT2D eigenvalue weighted by Crippen LogP contribution is -2.55. The van der Waals surface area contributed by atoms with Crippen LogP contribution in [0.25, 0.3) is 0 Å². The minimum Gasteiger partial charge on any atom is -0.367 e. The summed E-state index contributed by atoms with van der Waals surface area (Å²) in [5.41, 5.74) is 6.65. The molecule has 2 N–H and O–H groups in total. The third-order valence-electron chi connectivity index (χ3n) is 3.31. The van der Waals surface area contributed by atoms with Gasteiger partial charge in [0.15, 0.2) is 0 Å². The molecule has 1 aliphatic heterocycles. The van der Waals surface area contributed by atoms with Gasteiger partial charge in [-0.3, -0.25) is 0 Å². The van der Waals surface area contributed by atoms with E-state index in [4.69, 9.17) is 10.5 Å². The fraction of sp³-hybridized carbons (Fsp3) is 0.714. The van der Waals surface area contributed by atoms with Crippen LogP contribution in [0.2, 0.25) is 0 Å². The van der Waals surface area contributed by atoms with E-state index in [9.17, 15) is 0 Å². The zero-order valence-corrected chi connectivity index (χ0v) is 12.3. The Morgan fingerprint density at radius 2 is 2.21 bits per heavy atom. The second-order valence-corrected chi connectivity index (χ2v) is 5.73. The van der Waals surface area contributed by atoms with Crippen molar-refractivity contribution < 1.29 is 4.74 Å². The summed E-state index contributed by atoms with van der Waals surface area (Å²) in [5.74, 6) is 1.81. The van der Waals surface area contributed by atoms with Gasteiger partial charge in [0.05, 0.1) is 11.7 Å². The molecule has 1 unspecified atom stereocenters. The zero-order valence-electron chi connectivity index (χ0n) is 12.3. The van der Waals surface area contributed by atoms with E-state index in [0.29, 0.717) is 6.54 Å². The molecule has 0 aromatic carbocycles. The van der Waals surface area contributed by atoms with E-state index < -0.39 is 0 Å². The highest BCUT2D eigenvalue weighted by Gasteiger charge is 2.33. The quantitative estimate of drug-likeness (QED) is 0.891. The number of aryl methyl sites for hydroxylation is 2. The van der Waals surface area contributed by atoms with E-state index in [-0.39, 0.29) is 11.7 Å². The van der Waals surface area contributed by atoms with Crippen LogP contribution < -0.4 is 10.6 Å². The molecule has 2 heterocycles. The number of hydrogen-bond donors (Lipinski definition) is 1. The highest BCUT2D eigenvalue weighted by molar-refractivity contribution is 5.41. The fourth-order valence-electron chi connectivity index (χ4n) is 2.55. The van der Waals surface area contributed by atoms with Crippen LogP contribution in [0.15, 0.2) is 6.07 Å². The molecule has 0 bridgehead atoms. The molecule has 0 radical (unpaired) electrons. The van der Waals surface area contributed by atoms with Crippen molar-refractivity contribution in [2.45, 2.75) is 45.8 Å². The first kappa shape index (κ1) is 14.2. The van der Waals surface area contributed by atoms with Crippen molar-refractivity contribution in [2.75, 3.05) is 24.5 Å². The molecular weight excluding hydrogens is 240 g/mol. The number of nitrogens with two attached hydrogens (primary N) is 1. The van der Waals surface area contributed by atoms with Gasteiger partial charge in [-0.15, -0.1) is 0 Å². The predicted octanol–water partition coefficient (Wildman–Crippen LogP) is 1.29. The van der Waals surface area contributed by atoms with Crippen molar-refractivity contribution in [2.24, 2.45) is 5.73 Å². The smallest absolute Gasteiger partial charge is 0.132 e. The summed E-state index contributed by atoms with van der Waals surface area (Å²) in [5, 5.41) is 0. The molecule has 0 amide bonds. The lowest BCUT2D eigenvalue weighted by Gasteiger charge is -2.43. The molecule has 0 saturated carbocycles. The van der Waals surface area contributed by atoms with E-state index in [1.54, 1.807) is 0 Å². The van der Waals surface area contributed by atoms with Gasteiger partial charge in [-0.2, -0.15) is 0 Å². The molecule has 1 aliphatic rings. The summed E-state index contributed by atoms with van der Waals surface area (Å²) in [6.07, 6.45) is 0.980. The van der Waals surface area contributed by atoms with Crippen molar-refractivity contribution in [3.8, 4) is 0 Å². The summed E-state index contributed by atoms with van der Waals surface area (Å²) >= 11 is 0. The fourth-order valence-corrected chi connectivity index (χ4v) is 2.55. The molecule has 2 rings (SSSR count). The summed E-state index contributed by atoms with van der Waals surface area (Å²) in [6, 6.07) is 2.07. The standard InChI is InChI=1S/C14H24N4O/c1-5-11-6-13(17-10(2)16-11)18-8-12(7-15)19-14(3,4)9-18/h6,12H,5,7-9,15H2,1-4H3. The molecule has 5 heteroatoms. The molecule has 1 saturated heterocycles. The van der Waals surface area contributed by atoms with Crippen molar-refractivity contribution in [1.29, 1.82) is 0 Å². The van der Waals surface area contributed by atoms with Gasteiger partial charge in [-0.05, 0) is 27.2 Å². The minimum absolute atomic E-state index is 0.0593. The molecule has 5 nitrogen and oxygen atoms in total. The van der Waals surface area contributed by atoms with Gasteiger partial charge in [-0.1, -0.05) is 6.92 Å². The summed E-state index contributed by atoms with van der Waals surface area (Å²) in [4.78, 5) is 11.2. The lowest BCUT2D eigenvalue weighted by atomic mass is 10.0. The molecule has 0 aliphatic carbocycles. The Balaban J connectivity index is 2.27. The van der Waals surface area contributed by atoms with E-state index in [0.717, 1.165) is 36.8 Å². The number of aromatic nitrogens is 2. The van der Waals surface area contributed by atoms with Gasteiger partial charge in [-0.25, -0.2) is 9.97 Å². The van der Waals surface area contributed by atoms with Crippen molar-refractivity contribution in [1.82, 2.24) is 9.97 Å². The monoisotopic (exact) mass is 264 g/mol. The van der Waals surface area contributed by atoms with E-state index >= 15 is 0 Å². The summed E-state index contributed by atoms with van der Waals surface area (Å²) in [6.45, 7) is 10.4. The second kappa shape index (κ2) is 5.43. The van der Waals surface area contributed by atoms with Crippen LogP contribution >= 0.6 is 0 Å². The van der Waals surface area contributed by atoms with Crippen molar-refractivity contribution >= 4 is 5.82 Å². The molecule has 19 heavy (non-hydrogen) atoms. The Labute approximate surface area is 115 Å². The zero-order chi connectivity index (χ0) is 14.0. The van der Waals surface area contributed by atoms with Crippen LogP contribution in [-0.4, -0.2) is 41.3 Å². The Morgan fingerprint density at radius 1 is 1.47 bits per heavy atom. The topological polar surface area (TPSA) is 64.3 Å². The maximum absolute atomic E-state index is 5.95. The third-order valence-corrected chi connectivity index (χ3v) is 3.31. The number of nitrogens with zero attached hydrogens (tertiary/aromatic N) is 3. The Hall–Kier alpha value is -1.20. The SMILES string of the molecule is CCc1cc(N2CC(CN)OC(C)(C)C2)nc(C)n1. The minimum atomic E-state index is -0.201. The largest absolute Gasteiger partial charge is 0.367 e. The molecule has 1 aromatic heterocycles. The molecule has 106 valence electrons. The molecule has 1 atom stereocenters. The summed E-state index contributed by atoms with van der Waals surface area (Å²) in [7, 11) is 0. The van der Waals surface area contributed by atoms with Crippen molar-refractivity contribution in [3.63, 3.8) is 0 Å². The van der Waals surface area contributed by atoms with Crippen LogP contribution in [0.4, 0.5) is 5.82 Å². The van der Waals surface area contributed by atoms with Gasteiger partial charge in [0.1, 0.15) is 11.6 Å². The second-order valence-electron chi connectivity index (χ2n) is 5.73. The van der Waals surface area contributed by atoms with Crippen LogP contribution in [0.1, 0.15) is 32.3 Å². The van der Waals surface area contributed by atoms with E-state index in [1.807, 2.05) is 6.92 Å². The predicted molar refractivity (Wildman–Crippen MR) is 76.4 cm³/mol. The van der Waals surface area contributed by atoms with Gasteiger partial charge in [0.2, 0.25) is 0 Å². The molecule has 1 fully saturated rings. The highest BCUT2D eigenvalue weighted by atomic mass is 16.5. The highest BCUT2D eigenvalue weighted by Crippen LogP contribution is 2.25. The number of hydrogen-bond acceptors (Lipinski definition) is 5. The molecule has 1 aromatic rings. The average Bonchev–Trinajstić information content (AvgIpc) is 2.36. The maximum Gasteiger partial charge on any atom is 0.132 e. The third kappa shape index (κ3) is 3.42. The van der Waals surface area contributed by atoms with Gasteiger partial charge < -0.3 is 15.4 Å². The Bertz CT molecular complexity index is 447. The van der Waals surface area contributed by atoms with Gasteiger partial charge >= 0.3 is 0 Å². The maximum atomic E-state index is 5.95. The first-order chi connectivity index (χ1) is 8.93. The molecular formula is C14H24N4O. The summed E-state index contributed by atoms with van der Waals surface area (Å²) < 4.78 is 5.95. The normalized spacial score (nSPS) is 22.6. The average molecular weight is 264 g/mol. The number of ether oxygens (including phenoxy) is 1. The number of morpholine rings is 1. The Morgan fingerprint density at radius 3 is 2.84 bits per heavy atom. The number of anilines is 1. The Kier molecular flexibility index (Phi) is 4.06. The van der Waals surface area contributed by atoms with E-state index in [2.05, 4.69) is 41.7 Å². The first-order valence-electron chi connectivity index (χ1n) is 6.91. The van der Waals surface area contributed by atoms with Gasteiger partial charge in [0.25, 0.3) is 0 Å².